The van der Waals surface area contributed by atoms with Crippen LogP contribution in [0.15, 0.2) is 0 Å². The van der Waals surface area contributed by atoms with Crippen LogP contribution in [0.4, 0.5) is 0 Å². The Labute approximate surface area is 93.2 Å². The normalized spacial score (nSPS) is 13.5. The van der Waals surface area contributed by atoms with E-state index >= 15 is 0 Å². The van der Waals surface area contributed by atoms with E-state index in [4.69, 9.17) is 4.74 Å². The molecule has 0 spiro atoms. The summed E-state index contributed by atoms with van der Waals surface area (Å²) in [5.41, 5.74) is 0. The van der Waals surface area contributed by atoms with Crippen LogP contribution in [0.1, 0.15) is 27.2 Å². The summed E-state index contributed by atoms with van der Waals surface area (Å²) in [6.07, 6.45) is 3.30. The highest BCUT2D eigenvalue weighted by Gasteiger charge is 1.98. The Kier molecular flexibility index (Phi) is 10.0. The highest BCUT2D eigenvalue weighted by molar-refractivity contribution is 7.98. The van der Waals surface area contributed by atoms with Gasteiger partial charge in [-0.05, 0) is 25.5 Å². The molecule has 14 heavy (non-hydrogen) atoms. The summed E-state index contributed by atoms with van der Waals surface area (Å²) >= 11 is 1.88. The summed E-state index contributed by atoms with van der Waals surface area (Å²) in [5, 5.41) is 3.43. The third-order valence-corrected chi connectivity index (χ3v) is 2.83. The molecule has 1 unspecified atom stereocenters. The third-order valence-electron chi connectivity index (χ3n) is 2.00. The van der Waals surface area contributed by atoms with Crippen LogP contribution in [0.2, 0.25) is 0 Å². The molecular weight excluding hydrogens is 194 g/mol. The smallest absolute Gasteiger partial charge is 0.0591 e. The molecule has 0 aromatic heterocycles. The van der Waals surface area contributed by atoms with Crippen molar-refractivity contribution in [1.82, 2.24) is 5.32 Å². The molecular formula is C11H25NOS. The zero-order valence-electron chi connectivity index (χ0n) is 10.0. The number of ether oxygens (including phenoxy) is 1. The lowest BCUT2D eigenvalue weighted by Gasteiger charge is -2.12. The fourth-order valence-electron chi connectivity index (χ4n) is 1.11. The molecule has 0 saturated carbocycles. The zero-order valence-corrected chi connectivity index (χ0v) is 10.8. The third kappa shape index (κ3) is 10.4. The van der Waals surface area contributed by atoms with Gasteiger partial charge in [0.15, 0.2) is 0 Å². The van der Waals surface area contributed by atoms with Crippen molar-refractivity contribution in [2.45, 2.75) is 33.2 Å². The van der Waals surface area contributed by atoms with E-state index in [-0.39, 0.29) is 0 Å². The van der Waals surface area contributed by atoms with Gasteiger partial charge in [-0.3, -0.25) is 0 Å². The van der Waals surface area contributed by atoms with E-state index in [1.54, 1.807) is 0 Å². The van der Waals surface area contributed by atoms with Gasteiger partial charge in [-0.25, -0.2) is 0 Å². The van der Waals surface area contributed by atoms with Gasteiger partial charge in [-0.15, -0.1) is 0 Å². The SMILES string of the molecule is CSCC(C)NCCOCCC(C)C. The largest absolute Gasteiger partial charge is 0.380 e. The molecule has 0 rings (SSSR count). The molecule has 0 bridgehead atoms. The maximum absolute atomic E-state index is 5.50. The molecule has 3 heteroatoms. The summed E-state index contributed by atoms with van der Waals surface area (Å²) in [7, 11) is 0. The predicted octanol–water partition coefficient (Wildman–Crippen LogP) is 2.39. The summed E-state index contributed by atoms with van der Waals surface area (Å²) < 4.78 is 5.50. The van der Waals surface area contributed by atoms with Crippen LogP contribution >= 0.6 is 11.8 Å². The molecule has 0 radical (unpaired) electrons. The molecule has 86 valence electrons. The number of nitrogens with one attached hydrogen (secondary N) is 1. The van der Waals surface area contributed by atoms with Crippen LogP contribution in [0.3, 0.4) is 0 Å². The van der Waals surface area contributed by atoms with Crippen LogP contribution in [-0.4, -0.2) is 37.8 Å². The van der Waals surface area contributed by atoms with Gasteiger partial charge in [0.1, 0.15) is 0 Å². The minimum Gasteiger partial charge on any atom is -0.380 e. The summed E-state index contributed by atoms with van der Waals surface area (Å²) in [6, 6.07) is 0.596. The molecule has 0 aliphatic rings. The van der Waals surface area contributed by atoms with Crippen molar-refractivity contribution in [1.29, 1.82) is 0 Å². The average molecular weight is 219 g/mol. The minimum atomic E-state index is 0.596. The second kappa shape index (κ2) is 9.81. The van der Waals surface area contributed by atoms with Gasteiger partial charge in [0.05, 0.1) is 6.61 Å². The number of rotatable bonds is 9. The van der Waals surface area contributed by atoms with Gasteiger partial charge in [0.25, 0.3) is 0 Å². The first kappa shape index (κ1) is 14.3. The van der Waals surface area contributed by atoms with Gasteiger partial charge >= 0.3 is 0 Å². The predicted molar refractivity (Wildman–Crippen MR) is 66.1 cm³/mol. The lowest BCUT2D eigenvalue weighted by molar-refractivity contribution is 0.124. The zero-order chi connectivity index (χ0) is 10.8. The van der Waals surface area contributed by atoms with E-state index < -0.39 is 0 Å². The van der Waals surface area contributed by atoms with Gasteiger partial charge in [-0.2, -0.15) is 11.8 Å². The summed E-state index contributed by atoms with van der Waals surface area (Å²) in [5.74, 6) is 1.92. The molecule has 0 saturated heterocycles. The first-order chi connectivity index (χ1) is 6.66. The van der Waals surface area contributed by atoms with Gasteiger partial charge < -0.3 is 10.1 Å². The fourth-order valence-corrected chi connectivity index (χ4v) is 1.73. The highest BCUT2D eigenvalue weighted by Crippen LogP contribution is 1.98. The lowest BCUT2D eigenvalue weighted by atomic mass is 10.1. The lowest BCUT2D eigenvalue weighted by Crippen LogP contribution is -2.31. The van der Waals surface area contributed by atoms with E-state index in [9.17, 15) is 0 Å². The van der Waals surface area contributed by atoms with E-state index in [1.165, 1.54) is 12.2 Å². The van der Waals surface area contributed by atoms with Crippen LogP contribution < -0.4 is 5.32 Å². The van der Waals surface area contributed by atoms with E-state index in [0.717, 1.165) is 25.7 Å². The first-order valence-electron chi connectivity index (χ1n) is 5.47. The maximum Gasteiger partial charge on any atom is 0.0591 e. The Morgan fingerprint density at radius 2 is 1.93 bits per heavy atom. The molecule has 0 aromatic rings. The van der Waals surface area contributed by atoms with Crippen molar-refractivity contribution in [2.75, 3.05) is 31.8 Å². The molecule has 0 amide bonds. The van der Waals surface area contributed by atoms with Crippen molar-refractivity contribution in [3.63, 3.8) is 0 Å². The first-order valence-corrected chi connectivity index (χ1v) is 6.86. The molecule has 0 fully saturated rings. The van der Waals surface area contributed by atoms with E-state index in [1.807, 2.05) is 11.8 Å². The Bertz CT molecular complexity index is 120. The second-order valence-corrected chi connectivity index (χ2v) is 5.02. The molecule has 0 aliphatic heterocycles. The quantitative estimate of drug-likeness (QED) is 0.602. The fraction of sp³-hybridized carbons (Fsp3) is 1.00. The monoisotopic (exact) mass is 219 g/mol. The Hall–Kier alpha value is 0.270. The van der Waals surface area contributed by atoms with Crippen molar-refractivity contribution >= 4 is 11.8 Å². The van der Waals surface area contributed by atoms with Crippen molar-refractivity contribution < 1.29 is 4.74 Å². The highest BCUT2D eigenvalue weighted by atomic mass is 32.2. The molecule has 2 nitrogen and oxygen atoms in total. The minimum absolute atomic E-state index is 0.596. The number of thioether (sulfide) groups is 1. The van der Waals surface area contributed by atoms with E-state index in [0.29, 0.717) is 6.04 Å². The molecule has 0 heterocycles. The maximum atomic E-state index is 5.50. The summed E-state index contributed by atoms with van der Waals surface area (Å²) in [4.78, 5) is 0. The van der Waals surface area contributed by atoms with Crippen LogP contribution in [0.5, 0.6) is 0 Å². The van der Waals surface area contributed by atoms with Crippen molar-refractivity contribution in [3.05, 3.63) is 0 Å². The number of hydrogen-bond donors (Lipinski definition) is 1. The molecule has 0 aromatic carbocycles. The average Bonchev–Trinajstić information content (AvgIpc) is 2.11. The second-order valence-electron chi connectivity index (χ2n) is 4.11. The Balaban J connectivity index is 3.05. The molecule has 1 N–H and O–H groups in total. The Morgan fingerprint density at radius 3 is 2.50 bits per heavy atom. The van der Waals surface area contributed by atoms with Crippen molar-refractivity contribution in [3.8, 4) is 0 Å². The van der Waals surface area contributed by atoms with Crippen LogP contribution in [-0.2, 0) is 4.74 Å². The Morgan fingerprint density at radius 1 is 1.21 bits per heavy atom. The van der Waals surface area contributed by atoms with Crippen LogP contribution in [0, 0.1) is 5.92 Å². The standard InChI is InChI=1S/C11H25NOS/c1-10(2)5-7-13-8-6-12-11(3)9-14-4/h10-12H,5-9H2,1-4H3. The van der Waals surface area contributed by atoms with Gasteiger partial charge in [-0.1, -0.05) is 13.8 Å². The summed E-state index contributed by atoms with van der Waals surface area (Å²) in [6.45, 7) is 9.37. The molecule has 0 aliphatic carbocycles. The molecule has 1 atom stereocenters. The van der Waals surface area contributed by atoms with Gasteiger partial charge in [0.2, 0.25) is 0 Å². The van der Waals surface area contributed by atoms with E-state index in [2.05, 4.69) is 32.3 Å². The van der Waals surface area contributed by atoms with Crippen molar-refractivity contribution in [2.24, 2.45) is 5.92 Å². The van der Waals surface area contributed by atoms with Crippen LogP contribution in [0.25, 0.3) is 0 Å². The number of hydrogen-bond acceptors (Lipinski definition) is 3. The topological polar surface area (TPSA) is 21.3 Å². The van der Waals surface area contributed by atoms with Gasteiger partial charge in [0, 0.05) is 24.9 Å².